The van der Waals surface area contributed by atoms with Crippen LogP contribution < -0.4 is 5.32 Å². The highest BCUT2D eigenvalue weighted by atomic mass is 35.5. The summed E-state index contributed by atoms with van der Waals surface area (Å²) in [5.74, 6) is -0.800. The van der Waals surface area contributed by atoms with Gasteiger partial charge in [-0.3, -0.25) is 14.3 Å². The number of halogens is 1. The summed E-state index contributed by atoms with van der Waals surface area (Å²) >= 11 is 6.17. The van der Waals surface area contributed by atoms with Gasteiger partial charge in [-0.25, -0.2) is 9.97 Å². The number of aromatic nitrogens is 5. The largest absolute Gasteiger partial charge is 0.344 e. The van der Waals surface area contributed by atoms with E-state index in [4.69, 9.17) is 16.9 Å². The molecule has 2 N–H and O–H groups in total. The standard InChI is InChI=1S/C23H21ClN8O2/c1-3-32-18-6-14(24)4-5-15(18)19(30-32)17-9-27-21-20(29-17)16(8-26-21)22(33)28-12(2)23(34)31-10-13(7-25)11-31/h4-6,8-9,12-13H,3,10-11H2,1-2H3,(H,26,27)(H,28,33)/t12-/m1/s1. The number of hydrogen-bond donors (Lipinski definition) is 2. The van der Waals surface area contributed by atoms with Crippen molar-refractivity contribution < 1.29 is 9.59 Å². The van der Waals surface area contributed by atoms with Crippen LogP contribution in [-0.4, -0.2) is 60.6 Å². The predicted octanol–water partition coefficient (Wildman–Crippen LogP) is 2.75. The molecule has 1 atom stereocenters. The summed E-state index contributed by atoms with van der Waals surface area (Å²) in [6.45, 7) is 5.05. The predicted molar refractivity (Wildman–Crippen MR) is 126 cm³/mol. The van der Waals surface area contributed by atoms with Crippen LogP contribution in [0, 0.1) is 17.2 Å². The molecule has 172 valence electrons. The first-order valence-corrected chi connectivity index (χ1v) is 11.3. The third-order valence-electron chi connectivity index (χ3n) is 5.98. The molecule has 0 unspecified atom stereocenters. The number of nitrogens with one attached hydrogen (secondary N) is 2. The maximum Gasteiger partial charge on any atom is 0.255 e. The van der Waals surface area contributed by atoms with Crippen LogP contribution in [0.25, 0.3) is 33.5 Å². The second-order valence-electron chi connectivity index (χ2n) is 8.25. The Morgan fingerprint density at radius 1 is 1.38 bits per heavy atom. The van der Waals surface area contributed by atoms with Gasteiger partial charge in [0.1, 0.15) is 22.9 Å². The molecule has 0 spiro atoms. The van der Waals surface area contributed by atoms with Gasteiger partial charge >= 0.3 is 0 Å². The first-order valence-electron chi connectivity index (χ1n) is 10.9. The summed E-state index contributed by atoms with van der Waals surface area (Å²) in [5, 5.41) is 17.8. The van der Waals surface area contributed by atoms with E-state index in [9.17, 15) is 9.59 Å². The lowest BCUT2D eigenvalue weighted by Gasteiger charge is -2.37. The van der Waals surface area contributed by atoms with E-state index >= 15 is 0 Å². The summed E-state index contributed by atoms with van der Waals surface area (Å²) in [7, 11) is 0. The average molecular weight is 477 g/mol. The van der Waals surface area contributed by atoms with Crippen molar-refractivity contribution in [3.8, 4) is 17.5 Å². The van der Waals surface area contributed by atoms with Gasteiger partial charge in [0, 0.05) is 36.2 Å². The summed E-state index contributed by atoms with van der Waals surface area (Å²) in [6, 6.07) is 6.94. The van der Waals surface area contributed by atoms with Crippen molar-refractivity contribution in [1.82, 2.24) is 34.9 Å². The number of aromatic amines is 1. The van der Waals surface area contributed by atoms with Gasteiger partial charge < -0.3 is 15.2 Å². The van der Waals surface area contributed by atoms with E-state index in [1.165, 1.54) is 6.20 Å². The maximum absolute atomic E-state index is 13.0. The number of rotatable bonds is 5. The summed E-state index contributed by atoms with van der Waals surface area (Å²) in [5.41, 5.74) is 3.17. The van der Waals surface area contributed by atoms with Gasteiger partial charge in [-0.15, -0.1) is 0 Å². The highest BCUT2D eigenvalue weighted by Gasteiger charge is 2.33. The minimum Gasteiger partial charge on any atom is -0.344 e. The second kappa shape index (κ2) is 8.43. The molecule has 10 nitrogen and oxygen atoms in total. The van der Waals surface area contributed by atoms with Gasteiger partial charge in [-0.05, 0) is 32.0 Å². The highest BCUT2D eigenvalue weighted by Crippen LogP contribution is 2.30. The molecule has 5 rings (SSSR count). The molecule has 1 aliphatic heterocycles. The fraction of sp³-hybridized carbons (Fsp3) is 0.304. The lowest BCUT2D eigenvalue weighted by Crippen LogP contribution is -2.55. The maximum atomic E-state index is 13.0. The molecule has 0 saturated carbocycles. The number of amides is 2. The molecular formula is C23H21ClN8O2. The zero-order valence-electron chi connectivity index (χ0n) is 18.5. The summed E-state index contributed by atoms with van der Waals surface area (Å²) in [4.78, 5) is 39.1. The molecule has 3 aromatic heterocycles. The molecule has 1 aliphatic rings. The zero-order valence-corrected chi connectivity index (χ0v) is 19.3. The van der Waals surface area contributed by atoms with E-state index in [1.54, 1.807) is 24.1 Å². The lowest BCUT2D eigenvalue weighted by molar-refractivity contribution is -0.137. The van der Waals surface area contributed by atoms with Crippen LogP contribution in [0.1, 0.15) is 24.2 Å². The Morgan fingerprint density at radius 3 is 2.91 bits per heavy atom. The lowest BCUT2D eigenvalue weighted by atomic mass is 10.0. The monoisotopic (exact) mass is 476 g/mol. The molecule has 1 saturated heterocycles. The summed E-state index contributed by atoms with van der Waals surface area (Å²) in [6.07, 6.45) is 3.14. The average Bonchev–Trinajstić information content (AvgIpc) is 3.38. The molecule has 4 heterocycles. The minimum absolute atomic E-state index is 0.141. The molecule has 0 radical (unpaired) electrons. The number of benzene rings is 1. The van der Waals surface area contributed by atoms with Gasteiger partial charge in [-0.2, -0.15) is 10.4 Å². The number of carbonyl (C=O) groups excluding carboxylic acids is 2. The van der Waals surface area contributed by atoms with E-state index < -0.39 is 11.9 Å². The van der Waals surface area contributed by atoms with Crippen molar-refractivity contribution in [3.63, 3.8) is 0 Å². The first kappa shape index (κ1) is 21.9. The van der Waals surface area contributed by atoms with Crippen LogP contribution in [0.15, 0.2) is 30.6 Å². The van der Waals surface area contributed by atoms with Crippen molar-refractivity contribution in [1.29, 1.82) is 5.26 Å². The zero-order chi connectivity index (χ0) is 24.0. The Kier molecular flexibility index (Phi) is 5.42. The number of nitriles is 1. The smallest absolute Gasteiger partial charge is 0.255 e. The van der Waals surface area contributed by atoms with Gasteiger partial charge in [0.25, 0.3) is 5.91 Å². The Bertz CT molecular complexity index is 1480. The molecule has 2 amide bonds. The molecule has 4 aromatic rings. The van der Waals surface area contributed by atoms with Crippen LogP contribution >= 0.6 is 11.6 Å². The molecular weight excluding hydrogens is 456 g/mol. The number of H-pyrrole nitrogens is 1. The van der Waals surface area contributed by atoms with Crippen LogP contribution in [0.2, 0.25) is 5.02 Å². The number of hydrogen-bond acceptors (Lipinski definition) is 6. The molecule has 0 bridgehead atoms. The Balaban J connectivity index is 1.44. The third-order valence-corrected chi connectivity index (χ3v) is 6.21. The van der Waals surface area contributed by atoms with Gasteiger partial charge in [0.2, 0.25) is 5.91 Å². The number of nitrogens with zero attached hydrogens (tertiary/aromatic N) is 6. The molecule has 11 heteroatoms. The van der Waals surface area contributed by atoms with E-state index in [-0.39, 0.29) is 17.4 Å². The van der Waals surface area contributed by atoms with Crippen LogP contribution in [0.3, 0.4) is 0 Å². The fourth-order valence-electron chi connectivity index (χ4n) is 4.11. The van der Waals surface area contributed by atoms with E-state index in [1.807, 2.05) is 23.7 Å². The Hall–Kier alpha value is -3.97. The highest BCUT2D eigenvalue weighted by molar-refractivity contribution is 6.31. The molecule has 0 aliphatic carbocycles. The van der Waals surface area contributed by atoms with Crippen molar-refractivity contribution >= 4 is 45.5 Å². The number of aryl methyl sites for hydroxylation is 1. The van der Waals surface area contributed by atoms with Gasteiger partial charge in [0.15, 0.2) is 5.65 Å². The summed E-state index contributed by atoms with van der Waals surface area (Å²) < 4.78 is 1.84. The Labute approximate surface area is 199 Å². The topological polar surface area (TPSA) is 133 Å². The fourth-order valence-corrected chi connectivity index (χ4v) is 4.27. The van der Waals surface area contributed by atoms with Crippen molar-refractivity contribution in [2.75, 3.05) is 13.1 Å². The third kappa shape index (κ3) is 3.64. The number of likely N-dealkylation sites (tertiary alicyclic amines) is 1. The first-order chi connectivity index (χ1) is 16.4. The SMILES string of the molecule is CCn1nc(-c2cnc3[nH]cc(C(=O)N[C@H](C)C(=O)N4CC(C#N)C4)c3n2)c2ccc(Cl)cc21. The van der Waals surface area contributed by atoms with Crippen LogP contribution in [0.4, 0.5) is 0 Å². The minimum atomic E-state index is -0.734. The van der Waals surface area contributed by atoms with E-state index in [0.29, 0.717) is 47.2 Å². The van der Waals surface area contributed by atoms with E-state index in [0.717, 1.165) is 10.9 Å². The second-order valence-corrected chi connectivity index (χ2v) is 8.68. The Morgan fingerprint density at radius 2 is 2.18 bits per heavy atom. The molecule has 1 aromatic carbocycles. The number of carbonyl (C=O) groups is 2. The van der Waals surface area contributed by atoms with Crippen molar-refractivity contribution in [3.05, 3.63) is 41.2 Å². The van der Waals surface area contributed by atoms with Gasteiger partial charge in [-0.1, -0.05) is 11.6 Å². The number of fused-ring (bicyclic) bond motifs is 2. The molecule has 34 heavy (non-hydrogen) atoms. The molecule has 1 fully saturated rings. The van der Waals surface area contributed by atoms with Crippen LogP contribution in [0.5, 0.6) is 0 Å². The quantitative estimate of drug-likeness (QED) is 0.455. The normalized spacial score (nSPS) is 14.7. The van der Waals surface area contributed by atoms with Crippen molar-refractivity contribution in [2.45, 2.75) is 26.4 Å². The van der Waals surface area contributed by atoms with E-state index in [2.05, 4.69) is 31.4 Å². The van der Waals surface area contributed by atoms with Gasteiger partial charge in [0.05, 0.1) is 29.3 Å². The van der Waals surface area contributed by atoms with Crippen molar-refractivity contribution in [2.24, 2.45) is 5.92 Å². The van der Waals surface area contributed by atoms with Crippen LogP contribution in [-0.2, 0) is 11.3 Å².